The molecule has 160 valence electrons. The molecular weight excluding hydrogens is 397 g/mol. The summed E-state index contributed by atoms with van der Waals surface area (Å²) in [5.74, 6) is -1.25. The van der Waals surface area contributed by atoms with Gasteiger partial charge in [0.1, 0.15) is 11.2 Å². The molecule has 1 amide bonds. The van der Waals surface area contributed by atoms with Crippen LogP contribution in [0.25, 0.3) is 10.9 Å². The van der Waals surface area contributed by atoms with E-state index in [9.17, 15) is 19.5 Å². The van der Waals surface area contributed by atoms with Crippen molar-refractivity contribution < 1.29 is 50.4 Å². The van der Waals surface area contributed by atoms with E-state index >= 15 is 0 Å². The maximum atomic E-state index is 12.6. The molecule has 8 nitrogen and oxygen atoms in total. The fraction of sp³-hybridized carbons (Fsp3) is 0.476. The Kier molecular flexibility index (Phi) is 9.10. The summed E-state index contributed by atoms with van der Waals surface area (Å²) in [6.07, 6.45) is 0.767. The number of amides is 1. The average molecular weight is 427 g/mol. The maximum absolute atomic E-state index is 12.6. The van der Waals surface area contributed by atoms with Gasteiger partial charge in [0.25, 0.3) is 0 Å². The Balaban J connectivity index is 0.00000450. The molecule has 0 saturated heterocycles. The predicted molar refractivity (Wildman–Crippen MR) is 112 cm³/mol. The molecule has 3 N–H and O–H groups in total. The Hall–Kier alpha value is -1.87. The van der Waals surface area contributed by atoms with Crippen LogP contribution in [0.15, 0.2) is 29.2 Å². The van der Waals surface area contributed by atoms with Crippen LogP contribution in [0.1, 0.15) is 52.0 Å². The number of pyridine rings is 1. The first-order valence-electron chi connectivity index (χ1n) is 9.59. The fourth-order valence-corrected chi connectivity index (χ4v) is 3.05. The number of rotatable bonds is 6. The molecule has 0 aliphatic heterocycles. The summed E-state index contributed by atoms with van der Waals surface area (Å²) in [5, 5.41) is 9.66. The third kappa shape index (κ3) is 6.31. The first-order chi connectivity index (χ1) is 13.4. The second-order valence-electron chi connectivity index (χ2n) is 7.98. The number of carbonyl (C=O) groups is 2. The molecule has 1 atom stereocenters. The molecule has 0 radical (unpaired) electrons. The molecule has 1 unspecified atom stereocenters. The fourth-order valence-electron chi connectivity index (χ4n) is 3.05. The molecule has 0 fully saturated rings. The van der Waals surface area contributed by atoms with E-state index < -0.39 is 29.3 Å². The molecule has 0 saturated carbocycles. The van der Waals surface area contributed by atoms with Crippen LogP contribution in [0.3, 0.4) is 0 Å². The van der Waals surface area contributed by atoms with Crippen molar-refractivity contribution in [3.05, 3.63) is 45.7 Å². The van der Waals surface area contributed by atoms with Crippen molar-refractivity contribution in [1.82, 2.24) is 9.47 Å². The number of aromatic carboxylic acids is 1. The van der Waals surface area contributed by atoms with Crippen LogP contribution in [0, 0.1) is 0 Å². The molecule has 0 aliphatic rings. The van der Waals surface area contributed by atoms with Crippen molar-refractivity contribution in [3.8, 4) is 0 Å². The Morgan fingerprint density at radius 3 is 2.47 bits per heavy atom. The number of aromatic nitrogens is 1. The monoisotopic (exact) mass is 427 g/mol. The zero-order valence-electron chi connectivity index (χ0n) is 19.6. The predicted octanol–water partition coefficient (Wildman–Crippen LogP) is -0.0796. The number of ether oxygens (including phenoxy) is 1. The molecule has 1 heterocycles. The summed E-state index contributed by atoms with van der Waals surface area (Å²) in [7, 11) is 0. The van der Waals surface area contributed by atoms with Crippen LogP contribution < -0.4 is 40.7 Å². The number of carboxylic acid groups (broad SMARTS) is 1. The van der Waals surface area contributed by atoms with Gasteiger partial charge in [-0.25, -0.2) is 9.59 Å². The van der Waals surface area contributed by atoms with Gasteiger partial charge >= 0.3 is 41.6 Å². The van der Waals surface area contributed by atoms with Crippen molar-refractivity contribution in [2.24, 2.45) is 5.73 Å². The van der Waals surface area contributed by atoms with E-state index in [1.807, 2.05) is 13.0 Å². The largest absolute Gasteiger partial charge is 1.00 e. The van der Waals surface area contributed by atoms with Gasteiger partial charge in [-0.05, 0) is 58.7 Å². The second kappa shape index (κ2) is 10.4. The summed E-state index contributed by atoms with van der Waals surface area (Å²) >= 11 is 0. The first-order valence-corrected chi connectivity index (χ1v) is 9.59. The van der Waals surface area contributed by atoms with Gasteiger partial charge in [0.05, 0.1) is 11.7 Å². The molecule has 1 aromatic carbocycles. The van der Waals surface area contributed by atoms with E-state index in [1.165, 1.54) is 11.1 Å². The second-order valence-corrected chi connectivity index (χ2v) is 7.98. The zero-order chi connectivity index (χ0) is 21.9. The summed E-state index contributed by atoms with van der Waals surface area (Å²) in [4.78, 5) is 37.8. The van der Waals surface area contributed by atoms with Crippen LogP contribution in [-0.4, -0.2) is 44.9 Å². The molecule has 0 bridgehead atoms. The van der Waals surface area contributed by atoms with Gasteiger partial charge in [-0.3, -0.25) is 9.69 Å². The average Bonchev–Trinajstić information content (AvgIpc) is 2.60. The van der Waals surface area contributed by atoms with Crippen LogP contribution in [0.2, 0.25) is 0 Å². The Morgan fingerprint density at radius 1 is 1.33 bits per heavy atom. The standard InChI is InChI=1S/C21H29N3O5.Na.H/c1-6-23-12-16(19(26)27)18(25)15-11-14(7-8-17(15)23)9-10-24(13(2)22)20(28)29-21(3,4)5;;/h7-8,11-13H,6,9-10,22H2,1-5H3,(H,26,27);;/q;+1;-1. The van der Waals surface area contributed by atoms with Crippen LogP contribution in [-0.2, 0) is 17.7 Å². The van der Waals surface area contributed by atoms with E-state index in [2.05, 4.69) is 0 Å². The summed E-state index contributed by atoms with van der Waals surface area (Å²) < 4.78 is 7.13. The van der Waals surface area contributed by atoms with Gasteiger partial charge in [0, 0.05) is 24.7 Å². The minimum atomic E-state index is -1.25. The third-order valence-electron chi connectivity index (χ3n) is 4.48. The minimum absolute atomic E-state index is 0. The number of fused-ring (bicyclic) bond motifs is 1. The maximum Gasteiger partial charge on any atom is 1.00 e. The van der Waals surface area contributed by atoms with E-state index in [0.717, 1.165) is 5.56 Å². The summed E-state index contributed by atoms with van der Waals surface area (Å²) in [6, 6.07) is 5.35. The molecule has 0 aliphatic carbocycles. The number of nitrogens with zero attached hydrogens (tertiary/aromatic N) is 2. The van der Waals surface area contributed by atoms with Crippen LogP contribution in [0.5, 0.6) is 0 Å². The topological polar surface area (TPSA) is 115 Å². The van der Waals surface area contributed by atoms with Crippen molar-refractivity contribution >= 4 is 23.0 Å². The van der Waals surface area contributed by atoms with Crippen LogP contribution in [0.4, 0.5) is 4.79 Å². The summed E-state index contributed by atoms with van der Waals surface area (Å²) in [5.41, 5.74) is 5.99. The normalized spacial score (nSPS) is 12.2. The molecule has 2 rings (SSSR count). The number of nitrogens with two attached hydrogens (primary N) is 1. The molecule has 0 spiro atoms. The van der Waals surface area contributed by atoms with Gasteiger partial charge in [-0.1, -0.05) is 6.07 Å². The van der Waals surface area contributed by atoms with Gasteiger partial charge in [-0.15, -0.1) is 0 Å². The quantitative estimate of drug-likeness (QED) is 0.492. The molecule has 9 heteroatoms. The molecule has 1 aromatic heterocycles. The Labute approximate surface area is 199 Å². The van der Waals surface area contributed by atoms with Crippen molar-refractivity contribution in [2.75, 3.05) is 6.54 Å². The van der Waals surface area contributed by atoms with Crippen molar-refractivity contribution in [1.29, 1.82) is 0 Å². The van der Waals surface area contributed by atoms with E-state index in [4.69, 9.17) is 10.5 Å². The minimum Gasteiger partial charge on any atom is -1.00 e. The SMILES string of the molecule is CCn1cc(C(=O)O)c(=O)c2cc(CCN(C(=O)OC(C)(C)C)C(C)N)ccc21.[H-].[Na+]. The van der Waals surface area contributed by atoms with E-state index in [1.54, 1.807) is 44.4 Å². The third-order valence-corrected chi connectivity index (χ3v) is 4.48. The number of hydrogen-bond donors (Lipinski definition) is 2. The van der Waals surface area contributed by atoms with Gasteiger partial charge in [0.2, 0.25) is 5.43 Å². The van der Waals surface area contributed by atoms with Gasteiger partial charge in [-0.2, -0.15) is 0 Å². The Bertz CT molecular complexity index is 985. The number of carbonyl (C=O) groups excluding carboxylic acids is 1. The number of benzene rings is 1. The molecule has 2 aromatic rings. The zero-order valence-corrected chi connectivity index (χ0v) is 20.6. The van der Waals surface area contributed by atoms with E-state index in [-0.39, 0.29) is 36.5 Å². The van der Waals surface area contributed by atoms with Gasteiger partial charge in [0.15, 0.2) is 0 Å². The number of carboxylic acids is 1. The molecular formula is C21H30N3NaO5. The van der Waals surface area contributed by atoms with Gasteiger partial charge < -0.3 is 21.6 Å². The smallest absolute Gasteiger partial charge is 1.00 e. The van der Waals surface area contributed by atoms with Crippen LogP contribution >= 0.6 is 0 Å². The van der Waals surface area contributed by atoms with Crippen molar-refractivity contribution in [2.45, 2.75) is 59.4 Å². The summed E-state index contributed by atoms with van der Waals surface area (Å²) in [6.45, 7) is 9.77. The van der Waals surface area contributed by atoms with Crippen molar-refractivity contribution in [3.63, 3.8) is 0 Å². The van der Waals surface area contributed by atoms with E-state index in [0.29, 0.717) is 30.4 Å². The Morgan fingerprint density at radius 2 is 1.97 bits per heavy atom. The first kappa shape index (κ1) is 26.2. The molecule has 30 heavy (non-hydrogen) atoms. The number of aryl methyl sites for hydroxylation is 1. The number of hydrogen-bond acceptors (Lipinski definition) is 5.